The zero-order valence-corrected chi connectivity index (χ0v) is 18.3. The summed E-state index contributed by atoms with van der Waals surface area (Å²) < 4.78 is 12.3. The van der Waals surface area contributed by atoms with Gasteiger partial charge in [-0.1, -0.05) is 42.5 Å². The third-order valence-corrected chi connectivity index (χ3v) is 6.57. The third kappa shape index (κ3) is 3.56. The number of aryl methyl sites for hydroxylation is 1. The minimum Gasteiger partial charge on any atom is -0.399 e. The highest BCUT2D eigenvalue weighted by Crippen LogP contribution is 2.37. The molecule has 2 aromatic carbocycles. The summed E-state index contributed by atoms with van der Waals surface area (Å²) in [6.07, 6.45) is 0. The topological polar surface area (TPSA) is 35.5 Å². The van der Waals surface area contributed by atoms with Crippen LogP contribution in [0.15, 0.2) is 42.5 Å². The van der Waals surface area contributed by atoms with Crippen molar-refractivity contribution in [3.05, 3.63) is 53.6 Å². The maximum Gasteiger partial charge on any atom is 0.494 e. The molecule has 0 aliphatic carbocycles. The lowest BCUT2D eigenvalue weighted by Crippen LogP contribution is -2.41. The van der Waals surface area contributed by atoms with Gasteiger partial charge in [-0.25, -0.2) is 0 Å². The number of carbonyl (C=O) groups excluding carboxylic acids is 1. The largest absolute Gasteiger partial charge is 0.494 e. The number of ketones is 1. The molecule has 1 saturated heterocycles. The Morgan fingerprint density at radius 3 is 1.93 bits per heavy atom. The predicted octanol–water partition coefficient (Wildman–Crippen LogP) is 4.83. The molecular weight excluding hydrogens is 347 g/mol. The van der Waals surface area contributed by atoms with E-state index >= 15 is 0 Å². The molecule has 0 bridgehead atoms. The number of hydrogen-bond acceptors (Lipinski definition) is 3. The maximum absolute atomic E-state index is 11.9. The number of benzene rings is 2. The van der Waals surface area contributed by atoms with Crippen molar-refractivity contribution < 1.29 is 14.1 Å². The lowest BCUT2D eigenvalue weighted by Gasteiger charge is -2.32. The van der Waals surface area contributed by atoms with E-state index in [4.69, 9.17) is 9.31 Å². The minimum atomic E-state index is -0.464. The molecule has 1 aliphatic rings. The van der Waals surface area contributed by atoms with Gasteiger partial charge in [0.2, 0.25) is 0 Å². The van der Waals surface area contributed by atoms with Gasteiger partial charge < -0.3 is 9.31 Å². The molecule has 0 radical (unpaired) electrons. The zero-order chi connectivity index (χ0) is 20.9. The maximum atomic E-state index is 11.9. The first kappa shape index (κ1) is 20.8. The highest BCUT2D eigenvalue weighted by Gasteiger charge is 2.51. The molecule has 3 rings (SSSR count). The van der Waals surface area contributed by atoms with Crippen LogP contribution in [0.2, 0.25) is 0 Å². The molecule has 1 aliphatic heterocycles. The Balaban J connectivity index is 1.87. The molecule has 3 nitrogen and oxygen atoms in total. The van der Waals surface area contributed by atoms with Crippen molar-refractivity contribution in [3.8, 4) is 11.1 Å². The van der Waals surface area contributed by atoms with E-state index in [1.165, 1.54) is 11.1 Å². The molecule has 1 fully saturated rings. The molecule has 28 heavy (non-hydrogen) atoms. The third-order valence-electron chi connectivity index (χ3n) is 6.57. The van der Waals surface area contributed by atoms with Crippen LogP contribution in [0, 0.1) is 6.92 Å². The Morgan fingerprint density at radius 2 is 1.46 bits per heavy atom. The van der Waals surface area contributed by atoms with Gasteiger partial charge in [-0.3, -0.25) is 4.79 Å². The highest BCUT2D eigenvalue weighted by atomic mass is 16.7. The van der Waals surface area contributed by atoms with E-state index in [1.54, 1.807) is 6.92 Å². The lowest BCUT2D eigenvalue weighted by molar-refractivity contribution is -0.121. The Bertz CT molecular complexity index is 879. The highest BCUT2D eigenvalue weighted by molar-refractivity contribution is 6.62. The summed E-state index contributed by atoms with van der Waals surface area (Å²) in [5, 5.41) is 0. The van der Waals surface area contributed by atoms with Gasteiger partial charge in [0.15, 0.2) is 0 Å². The van der Waals surface area contributed by atoms with Gasteiger partial charge in [0, 0.05) is 5.41 Å². The number of rotatable bonds is 4. The van der Waals surface area contributed by atoms with E-state index in [2.05, 4.69) is 77.1 Å². The normalized spacial score (nSPS) is 18.4. The second kappa shape index (κ2) is 6.86. The molecule has 0 saturated carbocycles. The predicted molar refractivity (Wildman–Crippen MR) is 116 cm³/mol. The molecule has 0 N–H and O–H groups in total. The second-order valence-corrected chi connectivity index (χ2v) is 9.42. The number of carbonyl (C=O) groups is 1. The summed E-state index contributed by atoms with van der Waals surface area (Å²) in [7, 11) is -0.350. The van der Waals surface area contributed by atoms with E-state index in [9.17, 15) is 4.79 Å². The van der Waals surface area contributed by atoms with Crippen molar-refractivity contribution in [2.45, 2.75) is 72.0 Å². The molecule has 2 aromatic rings. The van der Waals surface area contributed by atoms with Gasteiger partial charge in [0.05, 0.1) is 11.2 Å². The van der Waals surface area contributed by atoms with E-state index in [0.717, 1.165) is 16.6 Å². The van der Waals surface area contributed by atoms with Crippen LogP contribution in [-0.4, -0.2) is 24.1 Å². The van der Waals surface area contributed by atoms with E-state index in [0.29, 0.717) is 0 Å². The fourth-order valence-electron chi connectivity index (χ4n) is 3.41. The van der Waals surface area contributed by atoms with Crippen LogP contribution in [0.1, 0.15) is 59.6 Å². The van der Waals surface area contributed by atoms with Crippen molar-refractivity contribution in [1.29, 1.82) is 0 Å². The molecule has 0 aromatic heterocycles. The van der Waals surface area contributed by atoms with Gasteiger partial charge in [0.25, 0.3) is 0 Å². The molecule has 1 heterocycles. The summed E-state index contributed by atoms with van der Waals surface area (Å²) in [6.45, 7) is 16.0. The van der Waals surface area contributed by atoms with Gasteiger partial charge in [-0.15, -0.1) is 0 Å². The van der Waals surface area contributed by atoms with Crippen LogP contribution >= 0.6 is 0 Å². The Labute approximate surface area is 169 Å². The fraction of sp³-hybridized carbons (Fsp3) is 0.458. The molecule has 0 atom stereocenters. The molecular formula is C24H31BO3. The van der Waals surface area contributed by atoms with Crippen LogP contribution in [0.25, 0.3) is 11.1 Å². The second-order valence-electron chi connectivity index (χ2n) is 9.42. The van der Waals surface area contributed by atoms with Crippen molar-refractivity contribution >= 4 is 18.4 Å². The molecule has 0 amide bonds. The van der Waals surface area contributed by atoms with E-state index in [-0.39, 0.29) is 24.1 Å². The van der Waals surface area contributed by atoms with Crippen LogP contribution in [-0.2, 0) is 19.5 Å². The van der Waals surface area contributed by atoms with Gasteiger partial charge >= 0.3 is 7.12 Å². The SMILES string of the molecule is CC(=O)C(C)(C)c1ccc(-c2ccc(B3OC(C)(C)C(C)(C)O3)cc2C)cc1. The van der Waals surface area contributed by atoms with Crippen LogP contribution in [0.3, 0.4) is 0 Å². The van der Waals surface area contributed by atoms with Crippen LogP contribution < -0.4 is 5.46 Å². The first-order chi connectivity index (χ1) is 12.8. The van der Waals surface area contributed by atoms with E-state index < -0.39 is 5.41 Å². The zero-order valence-electron chi connectivity index (χ0n) is 18.3. The van der Waals surface area contributed by atoms with Gasteiger partial charge in [-0.2, -0.15) is 0 Å². The minimum absolute atomic E-state index is 0.170. The van der Waals surface area contributed by atoms with Gasteiger partial charge in [0.1, 0.15) is 5.78 Å². The van der Waals surface area contributed by atoms with E-state index in [1.807, 2.05) is 13.8 Å². The van der Waals surface area contributed by atoms with Crippen molar-refractivity contribution in [3.63, 3.8) is 0 Å². The van der Waals surface area contributed by atoms with Crippen LogP contribution in [0.4, 0.5) is 0 Å². The fourth-order valence-corrected chi connectivity index (χ4v) is 3.41. The molecule has 4 heteroatoms. The number of hydrogen-bond donors (Lipinski definition) is 0. The molecule has 0 unspecified atom stereocenters. The first-order valence-electron chi connectivity index (χ1n) is 9.93. The number of Topliss-reactive ketones (excluding diaryl/α,β-unsaturated/α-hetero) is 1. The quantitative estimate of drug-likeness (QED) is 0.715. The summed E-state index contributed by atoms with van der Waals surface area (Å²) in [4.78, 5) is 11.9. The Kier molecular flexibility index (Phi) is 5.10. The van der Waals surface area contributed by atoms with Crippen molar-refractivity contribution in [1.82, 2.24) is 0 Å². The average Bonchev–Trinajstić information content (AvgIpc) is 2.82. The van der Waals surface area contributed by atoms with Gasteiger partial charge in [-0.05, 0) is 83.1 Å². The monoisotopic (exact) mass is 378 g/mol. The summed E-state index contributed by atoms with van der Waals surface area (Å²) >= 11 is 0. The first-order valence-corrected chi connectivity index (χ1v) is 9.93. The Hall–Kier alpha value is -1.91. The summed E-state index contributed by atoms with van der Waals surface area (Å²) in [6, 6.07) is 14.6. The Morgan fingerprint density at radius 1 is 0.929 bits per heavy atom. The standard InChI is InChI=1S/C24H31BO3/c1-16-15-20(25-27-23(5,6)24(7,8)28-25)13-14-21(16)18-9-11-19(12-10-18)22(3,4)17(2)26/h9-15H,1-8H3. The van der Waals surface area contributed by atoms with Crippen molar-refractivity contribution in [2.24, 2.45) is 0 Å². The van der Waals surface area contributed by atoms with Crippen LogP contribution in [0.5, 0.6) is 0 Å². The average molecular weight is 378 g/mol. The molecule has 0 spiro atoms. The van der Waals surface area contributed by atoms with Crippen molar-refractivity contribution in [2.75, 3.05) is 0 Å². The summed E-state index contributed by atoms with van der Waals surface area (Å²) in [5.41, 5.74) is 4.41. The molecule has 148 valence electrons. The lowest BCUT2D eigenvalue weighted by atomic mass is 9.77. The smallest absolute Gasteiger partial charge is 0.399 e. The summed E-state index contributed by atoms with van der Waals surface area (Å²) in [5.74, 6) is 0.170.